The van der Waals surface area contributed by atoms with Crippen LogP contribution in [0.2, 0.25) is 0 Å². The zero-order chi connectivity index (χ0) is 21.4. The molecule has 2 rings (SSSR count). The van der Waals surface area contributed by atoms with Crippen molar-refractivity contribution >= 4 is 39.9 Å². The van der Waals surface area contributed by atoms with E-state index < -0.39 is 35.9 Å². The quantitative estimate of drug-likeness (QED) is 0.623. The van der Waals surface area contributed by atoms with Gasteiger partial charge >= 0.3 is 12.1 Å². The van der Waals surface area contributed by atoms with Crippen molar-refractivity contribution in [2.75, 3.05) is 17.2 Å². The number of benzene rings is 1. The number of carbonyl (C=O) groups excluding carboxylic acids is 3. The molecule has 1 heterocycles. The second-order valence-corrected chi connectivity index (χ2v) is 6.96. The number of rotatable bonds is 8. The maximum atomic E-state index is 12.9. The van der Waals surface area contributed by atoms with Gasteiger partial charge in [0.2, 0.25) is 11.0 Å². The lowest BCUT2D eigenvalue weighted by Crippen LogP contribution is -2.22. The number of anilines is 2. The normalized spacial score (nSPS) is 11.0. The standard InChI is InChI=1S/C17H17F3N4O4S/c1-10-23-24-16(29-10)22-13(25)7-4-8-15(27)28-9-14(26)21-12-6-3-2-5-11(12)17(18,19)20/h2-3,5-6H,4,7-9H2,1H3,(H,21,26)(H,22,24,25). The minimum Gasteiger partial charge on any atom is -0.456 e. The van der Waals surface area contributed by atoms with Crippen LogP contribution in [0.3, 0.4) is 0 Å². The number of hydrogen-bond donors (Lipinski definition) is 2. The first kappa shape index (κ1) is 22.3. The number of nitrogens with zero attached hydrogens (tertiary/aromatic N) is 2. The first-order valence-corrected chi connectivity index (χ1v) is 9.18. The summed E-state index contributed by atoms with van der Waals surface area (Å²) < 4.78 is 43.4. The van der Waals surface area contributed by atoms with Crippen LogP contribution >= 0.6 is 11.3 Å². The first-order chi connectivity index (χ1) is 13.6. The molecule has 0 aliphatic rings. The molecule has 8 nitrogen and oxygen atoms in total. The van der Waals surface area contributed by atoms with Gasteiger partial charge in [-0.3, -0.25) is 14.4 Å². The van der Waals surface area contributed by atoms with Gasteiger partial charge in [-0.1, -0.05) is 23.5 Å². The van der Waals surface area contributed by atoms with Crippen LogP contribution in [-0.2, 0) is 25.3 Å². The molecule has 0 aliphatic carbocycles. The van der Waals surface area contributed by atoms with Crippen molar-refractivity contribution in [1.82, 2.24) is 10.2 Å². The Morgan fingerprint density at radius 1 is 1.07 bits per heavy atom. The highest BCUT2D eigenvalue weighted by Crippen LogP contribution is 2.34. The summed E-state index contributed by atoms with van der Waals surface area (Å²) in [6.45, 7) is 1.00. The average Bonchev–Trinajstić information content (AvgIpc) is 3.04. The van der Waals surface area contributed by atoms with Gasteiger partial charge in [0, 0.05) is 12.8 Å². The molecule has 156 valence electrons. The third-order valence-corrected chi connectivity index (χ3v) is 4.18. The van der Waals surface area contributed by atoms with Gasteiger partial charge in [-0.15, -0.1) is 10.2 Å². The van der Waals surface area contributed by atoms with Crippen LogP contribution < -0.4 is 10.6 Å². The van der Waals surface area contributed by atoms with Crippen molar-refractivity contribution in [3.05, 3.63) is 34.8 Å². The number of amides is 2. The second-order valence-electron chi connectivity index (χ2n) is 5.78. The molecule has 0 radical (unpaired) electrons. The van der Waals surface area contributed by atoms with Gasteiger partial charge in [0.25, 0.3) is 5.91 Å². The summed E-state index contributed by atoms with van der Waals surface area (Å²) in [5.41, 5.74) is -1.43. The number of esters is 1. The van der Waals surface area contributed by atoms with Crippen LogP contribution in [0.5, 0.6) is 0 Å². The van der Waals surface area contributed by atoms with Crippen LogP contribution in [0, 0.1) is 6.92 Å². The van der Waals surface area contributed by atoms with E-state index in [2.05, 4.69) is 20.8 Å². The fraction of sp³-hybridized carbons (Fsp3) is 0.353. The number of aromatic nitrogens is 2. The summed E-state index contributed by atoms with van der Waals surface area (Å²) in [6.07, 6.45) is -4.57. The summed E-state index contributed by atoms with van der Waals surface area (Å²) in [6, 6.07) is 4.46. The Hall–Kier alpha value is -3.02. The summed E-state index contributed by atoms with van der Waals surface area (Å²) in [4.78, 5) is 35.1. The van der Waals surface area contributed by atoms with E-state index in [0.29, 0.717) is 10.1 Å². The highest BCUT2D eigenvalue weighted by atomic mass is 32.1. The molecule has 2 aromatic rings. The van der Waals surface area contributed by atoms with Crippen molar-refractivity contribution in [1.29, 1.82) is 0 Å². The molecule has 0 bridgehead atoms. The molecule has 0 unspecified atom stereocenters. The van der Waals surface area contributed by atoms with Crippen LogP contribution in [0.1, 0.15) is 29.8 Å². The van der Waals surface area contributed by atoms with E-state index in [0.717, 1.165) is 12.1 Å². The molecular formula is C17H17F3N4O4S. The van der Waals surface area contributed by atoms with E-state index in [9.17, 15) is 27.6 Å². The van der Waals surface area contributed by atoms with Crippen LogP contribution in [0.4, 0.5) is 24.0 Å². The fourth-order valence-corrected chi connectivity index (χ4v) is 2.77. The third-order valence-electron chi connectivity index (χ3n) is 3.43. The number of halogens is 3. The molecule has 2 N–H and O–H groups in total. The molecule has 1 aromatic carbocycles. The van der Waals surface area contributed by atoms with Crippen LogP contribution in [0.25, 0.3) is 0 Å². The van der Waals surface area contributed by atoms with Gasteiger partial charge < -0.3 is 15.4 Å². The number of nitrogens with one attached hydrogen (secondary N) is 2. The number of hydrogen-bond acceptors (Lipinski definition) is 7. The Morgan fingerprint density at radius 3 is 2.45 bits per heavy atom. The van der Waals surface area contributed by atoms with Gasteiger partial charge in [-0.05, 0) is 25.5 Å². The lowest BCUT2D eigenvalue weighted by molar-refractivity contribution is -0.147. The lowest BCUT2D eigenvalue weighted by atomic mass is 10.1. The zero-order valence-corrected chi connectivity index (χ0v) is 16.0. The molecular weight excluding hydrogens is 413 g/mol. The summed E-state index contributed by atoms with van der Waals surface area (Å²) in [5, 5.41) is 13.1. The maximum Gasteiger partial charge on any atom is 0.418 e. The minimum absolute atomic E-state index is 0.0267. The summed E-state index contributed by atoms with van der Waals surface area (Å²) in [7, 11) is 0. The minimum atomic E-state index is -4.63. The third kappa shape index (κ3) is 7.49. The van der Waals surface area contributed by atoms with Crippen molar-refractivity contribution in [3.63, 3.8) is 0 Å². The molecule has 0 spiro atoms. The smallest absolute Gasteiger partial charge is 0.418 e. The Bertz CT molecular complexity index is 886. The van der Waals surface area contributed by atoms with Gasteiger partial charge in [-0.2, -0.15) is 13.2 Å². The van der Waals surface area contributed by atoms with Gasteiger partial charge in [0.05, 0.1) is 11.3 Å². The molecule has 0 aliphatic heterocycles. The average molecular weight is 430 g/mol. The van der Waals surface area contributed by atoms with E-state index in [-0.39, 0.29) is 25.2 Å². The number of ether oxygens (including phenoxy) is 1. The number of carbonyl (C=O) groups is 3. The molecule has 1 aromatic heterocycles. The monoisotopic (exact) mass is 430 g/mol. The Morgan fingerprint density at radius 2 is 1.79 bits per heavy atom. The Kier molecular flexibility index (Phi) is 7.65. The Labute approximate surface area is 167 Å². The summed E-state index contributed by atoms with van der Waals surface area (Å²) >= 11 is 1.21. The zero-order valence-electron chi connectivity index (χ0n) is 15.2. The molecule has 0 atom stereocenters. The van der Waals surface area contributed by atoms with Gasteiger partial charge in [0.1, 0.15) is 5.01 Å². The Balaban J connectivity index is 1.70. The molecule has 0 saturated carbocycles. The van der Waals surface area contributed by atoms with E-state index in [1.807, 2.05) is 0 Å². The van der Waals surface area contributed by atoms with Crippen LogP contribution in [-0.4, -0.2) is 34.6 Å². The van der Waals surface area contributed by atoms with Crippen molar-refractivity contribution in [2.45, 2.75) is 32.4 Å². The topological polar surface area (TPSA) is 110 Å². The van der Waals surface area contributed by atoms with E-state index in [1.54, 1.807) is 6.92 Å². The van der Waals surface area contributed by atoms with E-state index >= 15 is 0 Å². The van der Waals surface area contributed by atoms with Crippen molar-refractivity contribution in [2.24, 2.45) is 0 Å². The largest absolute Gasteiger partial charge is 0.456 e. The van der Waals surface area contributed by atoms with Crippen LogP contribution in [0.15, 0.2) is 24.3 Å². The fourth-order valence-electron chi connectivity index (χ4n) is 2.17. The maximum absolute atomic E-state index is 12.9. The predicted octanol–water partition coefficient (Wildman–Crippen LogP) is 3.16. The van der Waals surface area contributed by atoms with Gasteiger partial charge in [-0.25, -0.2) is 0 Å². The highest BCUT2D eigenvalue weighted by Gasteiger charge is 2.33. The molecule has 29 heavy (non-hydrogen) atoms. The van der Waals surface area contributed by atoms with E-state index in [1.165, 1.54) is 23.5 Å². The number of para-hydroxylation sites is 1. The van der Waals surface area contributed by atoms with Gasteiger partial charge in [0.15, 0.2) is 6.61 Å². The predicted molar refractivity (Wildman–Crippen MR) is 98.2 cm³/mol. The number of alkyl halides is 3. The highest BCUT2D eigenvalue weighted by molar-refractivity contribution is 7.15. The number of aryl methyl sites for hydroxylation is 1. The first-order valence-electron chi connectivity index (χ1n) is 8.37. The lowest BCUT2D eigenvalue weighted by Gasteiger charge is -2.13. The molecule has 2 amide bonds. The second kappa shape index (κ2) is 9.96. The molecule has 12 heteroatoms. The van der Waals surface area contributed by atoms with Crippen molar-refractivity contribution < 1.29 is 32.3 Å². The SMILES string of the molecule is Cc1nnc(NC(=O)CCCC(=O)OCC(=O)Nc2ccccc2C(F)(F)F)s1. The molecule has 0 saturated heterocycles. The molecule has 0 fully saturated rings. The van der Waals surface area contributed by atoms with Crippen molar-refractivity contribution in [3.8, 4) is 0 Å². The summed E-state index contributed by atoms with van der Waals surface area (Å²) in [5.74, 6) is -2.00. The van der Waals surface area contributed by atoms with E-state index in [4.69, 9.17) is 4.74 Å².